The molecule has 0 spiro atoms. The van der Waals surface area contributed by atoms with Gasteiger partial charge in [0.15, 0.2) is 0 Å². The molecule has 0 saturated carbocycles. The third-order valence-electron chi connectivity index (χ3n) is 5.98. The number of amides is 1. The second-order valence-electron chi connectivity index (χ2n) is 8.14. The molecule has 3 aromatic rings. The first kappa shape index (κ1) is 23.4. The smallest absolute Gasteiger partial charge is 0.243 e. The van der Waals surface area contributed by atoms with Gasteiger partial charge in [-0.05, 0) is 37.6 Å². The number of ether oxygens (including phenoxy) is 1. The van der Waals surface area contributed by atoms with E-state index in [1.54, 1.807) is 18.2 Å². The van der Waals surface area contributed by atoms with E-state index >= 15 is 0 Å². The molecule has 176 valence electrons. The van der Waals surface area contributed by atoms with Crippen molar-refractivity contribution < 1.29 is 17.9 Å². The molecule has 4 rings (SSSR count). The van der Waals surface area contributed by atoms with E-state index in [0.29, 0.717) is 51.2 Å². The zero-order valence-electron chi connectivity index (χ0n) is 19.0. The molecule has 0 aliphatic carbocycles. The maximum atomic E-state index is 13.0. The Hall–Kier alpha value is -2.75. The fraction of sp³-hybridized carbons (Fsp3) is 0.417. The van der Waals surface area contributed by atoms with Crippen molar-refractivity contribution in [1.82, 2.24) is 19.2 Å². The number of carbonyl (C=O) groups excluding carboxylic acids is 1. The first-order chi connectivity index (χ1) is 15.9. The molecule has 1 amide bonds. The van der Waals surface area contributed by atoms with Crippen molar-refractivity contribution in [2.75, 3.05) is 26.3 Å². The maximum Gasteiger partial charge on any atom is 0.243 e. The highest BCUT2D eigenvalue weighted by Gasteiger charge is 2.27. The quantitative estimate of drug-likeness (QED) is 0.546. The van der Waals surface area contributed by atoms with Crippen LogP contribution in [0, 0.1) is 0 Å². The number of nitrogens with one attached hydrogen (secondary N) is 1. The van der Waals surface area contributed by atoms with Crippen molar-refractivity contribution in [3.8, 4) is 0 Å². The first-order valence-electron chi connectivity index (χ1n) is 11.3. The molecule has 1 aliphatic heterocycles. The molecule has 33 heavy (non-hydrogen) atoms. The summed E-state index contributed by atoms with van der Waals surface area (Å²) in [6.45, 7) is 6.17. The first-order valence-corrected chi connectivity index (χ1v) is 12.8. The van der Waals surface area contributed by atoms with Gasteiger partial charge in [0, 0.05) is 32.5 Å². The van der Waals surface area contributed by atoms with Gasteiger partial charge in [0.05, 0.1) is 35.2 Å². The van der Waals surface area contributed by atoms with Gasteiger partial charge in [0.25, 0.3) is 0 Å². The second-order valence-corrected chi connectivity index (χ2v) is 10.1. The SMILES string of the molecule is CCn1c(CCC(=O)NC(C)c2ccccc2)nc2cc(S(=O)(=O)N3CCOCC3)ccc21. The van der Waals surface area contributed by atoms with Crippen LogP contribution >= 0.6 is 0 Å². The average Bonchev–Trinajstić information content (AvgIpc) is 3.20. The molecular formula is C24H30N4O4S. The summed E-state index contributed by atoms with van der Waals surface area (Å²) in [5.74, 6) is 0.729. The molecule has 8 nitrogen and oxygen atoms in total. The van der Waals surface area contributed by atoms with E-state index in [9.17, 15) is 13.2 Å². The summed E-state index contributed by atoms with van der Waals surface area (Å²) in [6, 6.07) is 14.8. The van der Waals surface area contributed by atoms with Gasteiger partial charge in [-0.1, -0.05) is 30.3 Å². The molecule has 1 saturated heterocycles. The van der Waals surface area contributed by atoms with E-state index < -0.39 is 10.0 Å². The van der Waals surface area contributed by atoms with E-state index in [4.69, 9.17) is 4.74 Å². The lowest BCUT2D eigenvalue weighted by Gasteiger charge is -2.26. The minimum atomic E-state index is -3.59. The number of rotatable bonds is 8. The summed E-state index contributed by atoms with van der Waals surface area (Å²) >= 11 is 0. The van der Waals surface area contributed by atoms with Crippen LogP contribution in [0.25, 0.3) is 11.0 Å². The van der Waals surface area contributed by atoms with Crippen LogP contribution in [0.15, 0.2) is 53.4 Å². The van der Waals surface area contributed by atoms with E-state index in [1.807, 2.05) is 48.7 Å². The molecule has 0 radical (unpaired) electrons. The summed E-state index contributed by atoms with van der Waals surface area (Å²) in [7, 11) is -3.59. The van der Waals surface area contributed by atoms with Crippen molar-refractivity contribution in [2.45, 2.75) is 44.2 Å². The molecule has 9 heteroatoms. The molecule has 2 heterocycles. The lowest BCUT2D eigenvalue weighted by atomic mass is 10.1. The number of fused-ring (bicyclic) bond motifs is 1. The highest BCUT2D eigenvalue weighted by molar-refractivity contribution is 7.89. The van der Waals surface area contributed by atoms with Crippen LogP contribution in [0.5, 0.6) is 0 Å². The molecule has 1 unspecified atom stereocenters. The van der Waals surface area contributed by atoms with Crippen molar-refractivity contribution >= 4 is 27.0 Å². The monoisotopic (exact) mass is 470 g/mol. The number of imidazole rings is 1. The average molecular weight is 471 g/mol. The molecule has 0 bridgehead atoms. The maximum absolute atomic E-state index is 13.0. The Kier molecular flexibility index (Phi) is 7.11. The Bertz CT molecular complexity index is 1220. The van der Waals surface area contributed by atoms with E-state index in [1.165, 1.54) is 4.31 Å². The van der Waals surface area contributed by atoms with Gasteiger partial charge in [-0.3, -0.25) is 4.79 Å². The normalized spacial score (nSPS) is 16.1. The van der Waals surface area contributed by atoms with Crippen molar-refractivity contribution in [3.63, 3.8) is 0 Å². The molecular weight excluding hydrogens is 440 g/mol. The third-order valence-corrected chi connectivity index (χ3v) is 7.87. The number of hydrogen-bond acceptors (Lipinski definition) is 5. The number of sulfonamides is 1. The number of hydrogen-bond donors (Lipinski definition) is 1. The number of morpholine rings is 1. The lowest BCUT2D eigenvalue weighted by Crippen LogP contribution is -2.40. The van der Waals surface area contributed by atoms with Crippen molar-refractivity contribution in [2.24, 2.45) is 0 Å². The standard InChI is InChI=1S/C24H30N4O4S/c1-3-28-22-10-9-20(33(30,31)27-13-15-32-16-14-27)17-21(22)26-23(28)11-12-24(29)25-18(2)19-7-5-4-6-8-19/h4-10,17-18H,3,11-16H2,1-2H3,(H,25,29). The fourth-order valence-corrected chi connectivity index (χ4v) is 5.59. The zero-order chi connectivity index (χ0) is 23.4. The van der Waals surface area contributed by atoms with E-state index in [0.717, 1.165) is 16.9 Å². The number of aryl methyl sites for hydroxylation is 2. The largest absolute Gasteiger partial charge is 0.379 e. The molecule has 1 aliphatic rings. The van der Waals surface area contributed by atoms with Crippen molar-refractivity contribution in [3.05, 3.63) is 59.9 Å². The van der Waals surface area contributed by atoms with E-state index in [2.05, 4.69) is 10.3 Å². The number of aromatic nitrogens is 2. The Morgan fingerprint density at radius 1 is 1.15 bits per heavy atom. The minimum Gasteiger partial charge on any atom is -0.379 e. The number of benzene rings is 2. The highest BCUT2D eigenvalue weighted by atomic mass is 32.2. The van der Waals surface area contributed by atoms with Crippen LogP contribution in [-0.2, 0) is 32.5 Å². The van der Waals surface area contributed by atoms with E-state index in [-0.39, 0.29) is 16.8 Å². The summed E-state index contributed by atoms with van der Waals surface area (Å²) in [5.41, 5.74) is 2.55. The van der Waals surface area contributed by atoms with Crippen LogP contribution in [0.1, 0.15) is 37.7 Å². The summed E-state index contributed by atoms with van der Waals surface area (Å²) < 4.78 is 34.8. The molecule has 1 aromatic heterocycles. The van der Waals surface area contributed by atoms with Gasteiger partial charge in [-0.25, -0.2) is 13.4 Å². The number of carbonyl (C=O) groups is 1. The Balaban J connectivity index is 1.49. The van der Waals surface area contributed by atoms with Gasteiger partial charge < -0.3 is 14.6 Å². The minimum absolute atomic E-state index is 0.0448. The Morgan fingerprint density at radius 2 is 1.88 bits per heavy atom. The third kappa shape index (κ3) is 5.10. The summed E-state index contributed by atoms with van der Waals surface area (Å²) in [5, 5.41) is 3.03. The van der Waals surface area contributed by atoms with Crippen LogP contribution in [-0.4, -0.2) is 54.5 Å². The predicted octanol–water partition coefficient (Wildman–Crippen LogP) is 2.89. The van der Waals surface area contributed by atoms with Crippen molar-refractivity contribution in [1.29, 1.82) is 0 Å². The summed E-state index contributed by atoms with van der Waals surface area (Å²) in [6.07, 6.45) is 0.779. The van der Waals surface area contributed by atoms with Crippen LogP contribution in [0.4, 0.5) is 0 Å². The molecule has 1 fully saturated rings. The molecule has 1 N–H and O–H groups in total. The van der Waals surface area contributed by atoms with Gasteiger partial charge in [0.1, 0.15) is 5.82 Å². The van der Waals surface area contributed by atoms with Gasteiger partial charge in [-0.2, -0.15) is 4.31 Å². The second kappa shape index (κ2) is 10.0. The molecule has 1 atom stereocenters. The Morgan fingerprint density at radius 3 is 2.58 bits per heavy atom. The van der Waals surface area contributed by atoms with Crippen LogP contribution < -0.4 is 5.32 Å². The van der Waals surface area contributed by atoms with Gasteiger partial charge >= 0.3 is 0 Å². The van der Waals surface area contributed by atoms with Gasteiger partial charge in [0.2, 0.25) is 15.9 Å². The Labute approximate surface area is 194 Å². The molecule has 2 aromatic carbocycles. The van der Waals surface area contributed by atoms with Crippen LogP contribution in [0.3, 0.4) is 0 Å². The fourth-order valence-electron chi connectivity index (χ4n) is 4.16. The number of nitrogens with zero attached hydrogens (tertiary/aromatic N) is 3. The predicted molar refractivity (Wildman–Crippen MR) is 126 cm³/mol. The summed E-state index contributed by atoms with van der Waals surface area (Å²) in [4.78, 5) is 17.5. The van der Waals surface area contributed by atoms with Crippen LogP contribution in [0.2, 0.25) is 0 Å². The topological polar surface area (TPSA) is 93.5 Å². The highest BCUT2D eigenvalue weighted by Crippen LogP contribution is 2.24. The lowest BCUT2D eigenvalue weighted by molar-refractivity contribution is -0.121. The zero-order valence-corrected chi connectivity index (χ0v) is 19.8. The van der Waals surface area contributed by atoms with Gasteiger partial charge in [-0.15, -0.1) is 0 Å².